The predicted molar refractivity (Wildman–Crippen MR) is 68.3 cm³/mol. The summed E-state index contributed by atoms with van der Waals surface area (Å²) in [5.74, 6) is 0.766. The first-order valence-corrected chi connectivity index (χ1v) is 5.51. The number of benzene rings is 2. The van der Waals surface area contributed by atoms with Crippen LogP contribution in [-0.2, 0) is 6.61 Å². The van der Waals surface area contributed by atoms with Gasteiger partial charge in [0.2, 0.25) is 0 Å². The average molecular weight is 227 g/mol. The average Bonchev–Trinajstić information content (AvgIpc) is 2.76. The lowest BCUT2D eigenvalue weighted by molar-refractivity contribution is 0.281. The minimum absolute atomic E-state index is 0.0196. The molecule has 0 spiro atoms. The predicted octanol–water partition coefficient (Wildman–Crippen LogP) is 2.82. The summed E-state index contributed by atoms with van der Waals surface area (Å²) in [5.41, 5.74) is 2.92. The molecule has 0 aliphatic carbocycles. The van der Waals surface area contributed by atoms with Crippen molar-refractivity contribution in [3.8, 4) is 5.75 Å². The molecule has 0 aliphatic rings. The largest absolute Gasteiger partial charge is 0.495 e. The molecule has 0 bridgehead atoms. The lowest BCUT2D eigenvalue weighted by Gasteiger charge is -2.04. The maximum atomic E-state index is 9.26. The highest BCUT2D eigenvalue weighted by Crippen LogP contribution is 2.32. The van der Waals surface area contributed by atoms with E-state index in [1.54, 1.807) is 7.11 Å². The molecule has 0 saturated heterocycles. The van der Waals surface area contributed by atoms with Gasteiger partial charge >= 0.3 is 0 Å². The van der Waals surface area contributed by atoms with Gasteiger partial charge in [-0.3, -0.25) is 0 Å². The summed E-state index contributed by atoms with van der Waals surface area (Å²) in [7, 11) is 1.64. The number of aromatic nitrogens is 1. The Morgan fingerprint density at radius 3 is 2.76 bits per heavy atom. The van der Waals surface area contributed by atoms with Gasteiger partial charge in [0.1, 0.15) is 5.75 Å². The number of aliphatic hydroxyl groups excluding tert-OH is 1. The van der Waals surface area contributed by atoms with Crippen LogP contribution in [-0.4, -0.2) is 17.2 Å². The topological polar surface area (TPSA) is 45.2 Å². The first kappa shape index (κ1) is 10.2. The van der Waals surface area contributed by atoms with Gasteiger partial charge in [0.25, 0.3) is 0 Å². The van der Waals surface area contributed by atoms with Crippen molar-refractivity contribution in [2.24, 2.45) is 0 Å². The molecule has 2 aromatic carbocycles. The minimum atomic E-state index is 0.0196. The molecule has 2 N–H and O–H groups in total. The van der Waals surface area contributed by atoms with Crippen LogP contribution in [0.15, 0.2) is 36.4 Å². The number of methoxy groups -OCH3 is 1. The van der Waals surface area contributed by atoms with E-state index in [2.05, 4.69) is 11.1 Å². The molecule has 0 amide bonds. The van der Waals surface area contributed by atoms with Crippen molar-refractivity contribution in [3.05, 3.63) is 42.0 Å². The van der Waals surface area contributed by atoms with Gasteiger partial charge in [-0.1, -0.05) is 18.2 Å². The summed E-state index contributed by atoms with van der Waals surface area (Å²) in [6.45, 7) is 0.0196. The van der Waals surface area contributed by atoms with Gasteiger partial charge in [-0.05, 0) is 23.8 Å². The van der Waals surface area contributed by atoms with Gasteiger partial charge in [-0.15, -0.1) is 0 Å². The molecule has 0 saturated carbocycles. The van der Waals surface area contributed by atoms with Crippen molar-refractivity contribution < 1.29 is 9.84 Å². The van der Waals surface area contributed by atoms with Gasteiger partial charge in [-0.25, -0.2) is 0 Å². The quantitative estimate of drug-likeness (QED) is 0.707. The van der Waals surface area contributed by atoms with E-state index in [0.717, 1.165) is 33.1 Å². The van der Waals surface area contributed by atoms with E-state index in [0.29, 0.717) is 0 Å². The van der Waals surface area contributed by atoms with E-state index in [1.165, 1.54) is 0 Å². The smallest absolute Gasteiger partial charge is 0.143 e. The molecular formula is C14H13NO2. The van der Waals surface area contributed by atoms with Crippen molar-refractivity contribution in [2.75, 3.05) is 7.11 Å². The number of nitrogens with one attached hydrogen (secondary N) is 1. The second-order valence-corrected chi connectivity index (χ2v) is 4.05. The van der Waals surface area contributed by atoms with Crippen LogP contribution in [0.1, 0.15) is 5.56 Å². The zero-order valence-electron chi connectivity index (χ0n) is 9.53. The normalized spacial score (nSPS) is 11.2. The van der Waals surface area contributed by atoms with Gasteiger partial charge in [0, 0.05) is 16.3 Å². The number of aromatic amines is 1. The first-order chi connectivity index (χ1) is 8.33. The summed E-state index contributed by atoms with van der Waals surface area (Å²) in [5, 5.41) is 11.5. The SMILES string of the molecule is COc1cc(CO)cc2c1[nH]c1ccccc12. The molecule has 1 heterocycles. The Morgan fingerprint density at radius 1 is 1.18 bits per heavy atom. The third-order valence-corrected chi connectivity index (χ3v) is 3.04. The molecule has 17 heavy (non-hydrogen) atoms. The number of hydrogen-bond donors (Lipinski definition) is 2. The Hall–Kier alpha value is -2.00. The standard InChI is InChI=1S/C14H13NO2/c1-17-13-7-9(8-16)6-11-10-4-2-3-5-12(10)15-14(11)13/h2-7,15-16H,8H2,1H3. The molecule has 1 aromatic heterocycles. The molecule has 0 unspecified atom stereocenters. The summed E-state index contributed by atoms with van der Waals surface area (Å²) < 4.78 is 5.36. The molecule has 0 atom stereocenters. The number of H-pyrrole nitrogens is 1. The molecular weight excluding hydrogens is 214 g/mol. The maximum absolute atomic E-state index is 9.26. The van der Waals surface area contributed by atoms with Gasteiger partial charge in [-0.2, -0.15) is 0 Å². The van der Waals surface area contributed by atoms with Crippen LogP contribution in [0.5, 0.6) is 5.75 Å². The van der Waals surface area contributed by atoms with Gasteiger partial charge < -0.3 is 14.8 Å². The Kier molecular flexibility index (Phi) is 2.27. The van der Waals surface area contributed by atoms with Crippen molar-refractivity contribution >= 4 is 21.8 Å². The van der Waals surface area contributed by atoms with Crippen LogP contribution in [0.4, 0.5) is 0 Å². The fourth-order valence-corrected chi connectivity index (χ4v) is 2.23. The lowest BCUT2D eigenvalue weighted by atomic mass is 10.1. The van der Waals surface area contributed by atoms with Crippen LogP contribution in [0, 0.1) is 0 Å². The van der Waals surface area contributed by atoms with Crippen LogP contribution in [0.2, 0.25) is 0 Å². The molecule has 3 heteroatoms. The van der Waals surface area contributed by atoms with E-state index in [9.17, 15) is 5.11 Å². The summed E-state index contributed by atoms with van der Waals surface area (Å²) in [4.78, 5) is 3.34. The number of para-hydroxylation sites is 1. The molecule has 3 aromatic rings. The van der Waals surface area contributed by atoms with Crippen molar-refractivity contribution in [1.82, 2.24) is 4.98 Å². The Bertz CT molecular complexity index is 685. The monoisotopic (exact) mass is 227 g/mol. The van der Waals surface area contributed by atoms with E-state index < -0.39 is 0 Å². The number of rotatable bonds is 2. The number of hydrogen-bond acceptors (Lipinski definition) is 2. The second kappa shape index (κ2) is 3.79. The summed E-state index contributed by atoms with van der Waals surface area (Å²) in [6.07, 6.45) is 0. The van der Waals surface area contributed by atoms with E-state index in [1.807, 2.05) is 30.3 Å². The maximum Gasteiger partial charge on any atom is 0.143 e. The fourth-order valence-electron chi connectivity index (χ4n) is 2.23. The summed E-state index contributed by atoms with van der Waals surface area (Å²) >= 11 is 0. The zero-order chi connectivity index (χ0) is 11.8. The minimum Gasteiger partial charge on any atom is -0.495 e. The van der Waals surface area contributed by atoms with Crippen molar-refractivity contribution in [1.29, 1.82) is 0 Å². The summed E-state index contributed by atoms with van der Waals surface area (Å²) in [6, 6.07) is 12.0. The zero-order valence-corrected chi connectivity index (χ0v) is 9.53. The van der Waals surface area contributed by atoms with Gasteiger partial charge in [0.15, 0.2) is 0 Å². The van der Waals surface area contributed by atoms with Crippen LogP contribution in [0.3, 0.4) is 0 Å². The van der Waals surface area contributed by atoms with Crippen LogP contribution in [0.25, 0.3) is 21.8 Å². The molecule has 86 valence electrons. The number of ether oxygens (including phenoxy) is 1. The van der Waals surface area contributed by atoms with Gasteiger partial charge in [0.05, 0.1) is 19.2 Å². The highest BCUT2D eigenvalue weighted by Gasteiger charge is 2.09. The van der Waals surface area contributed by atoms with Crippen molar-refractivity contribution in [3.63, 3.8) is 0 Å². The number of aliphatic hydroxyl groups is 1. The Labute approximate surface area is 98.6 Å². The molecule has 0 aliphatic heterocycles. The third-order valence-electron chi connectivity index (χ3n) is 3.04. The van der Waals surface area contributed by atoms with E-state index in [4.69, 9.17) is 4.74 Å². The second-order valence-electron chi connectivity index (χ2n) is 4.05. The molecule has 0 radical (unpaired) electrons. The Morgan fingerprint density at radius 2 is 2.00 bits per heavy atom. The van der Waals surface area contributed by atoms with E-state index in [-0.39, 0.29) is 6.61 Å². The third kappa shape index (κ3) is 1.47. The fraction of sp³-hybridized carbons (Fsp3) is 0.143. The highest BCUT2D eigenvalue weighted by atomic mass is 16.5. The number of fused-ring (bicyclic) bond motifs is 3. The Balaban J connectivity index is 2.47. The van der Waals surface area contributed by atoms with Crippen molar-refractivity contribution in [2.45, 2.75) is 6.61 Å². The molecule has 3 rings (SSSR count). The molecule has 0 fully saturated rings. The first-order valence-electron chi connectivity index (χ1n) is 5.51. The lowest BCUT2D eigenvalue weighted by Crippen LogP contribution is -1.88. The van der Waals surface area contributed by atoms with Crippen LogP contribution >= 0.6 is 0 Å². The van der Waals surface area contributed by atoms with Crippen LogP contribution < -0.4 is 4.74 Å². The van der Waals surface area contributed by atoms with E-state index >= 15 is 0 Å². The molecule has 3 nitrogen and oxygen atoms in total. The highest BCUT2D eigenvalue weighted by molar-refractivity contribution is 6.09.